The Morgan fingerprint density at radius 1 is 1.00 bits per heavy atom. The van der Waals surface area contributed by atoms with Gasteiger partial charge in [0, 0.05) is 24.3 Å². The molecule has 0 saturated heterocycles. The summed E-state index contributed by atoms with van der Waals surface area (Å²) in [7, 11) is 1.33. The molecule has 0 radical (unpaired) electrons. The Morgan fingerprint density at radius 3 is 2.27 bits per heavy atom. The van der Waals surface area contributed by atoms with Crippen LogP contribution in [-0.4, -0.2) is 25.5 Å². The summed E-state index contributed by atoms with van der Waals surface area (Å²) in [5.74, 6) is -0.530. The van der Waals surface area contributed by atoms with Gasteiger partial charge in [0.25, 0.3) is 0 Å². The molecule has 0 unspecified atom stereocenters. The lowest BCUT2D eigenvalue weighted by molar-refractivity contribution is -0.115. The average molecular weight is 354 g/mol. The number of amides is 1. The molecule has 5 nitrogen and oxygen atoms in total. The molecule has 2 rings (SSSR count). The van der Waals surface area contributed by atoms with Crippen molar-refractivity contribution in [1.82, 2.24) is 0 Å². The number of rotatable bonds is 8. The molecule has 0 bridgehead atoms. The van der Waals surface area contributed by atoms with Crippen molar-refractivity contribution in [1.29, 1.82) is 0 Å². The number of carbonyl (C=O) groups is 2. The van der Waals surface area contributed by atoms with Crippen LogP contribution in [0.2, 0.25) is 0 Å². The van der Waals surface area contributed by atoms with Crippen molar-refractivity contribution in [3.8, 4) is 0 Å². The van der Waals surface area contributed by atoms with Crippen molar-refractivity contribution in [3.05, 3.63) is 59.2 Å². The fraction of sp³-hybridized carbons (Fsp3) is 0.333. The van der Waals surface area contributed by atoms with Crippen LogP contribution in [0.1, 0.15) is 41.8 Å². The van der Waals surface area contributed by atoms with E-state index in [1.165, 1.54) is 18.2 Å². The van der Waals surface area contributed by atoms with Gasteiger partial charge >= 0.3 is 5.97 Å². The lowest BCUT2D eigenvalue weighted by Crippen LogP contribution is -2.17. The minimum atomic E-state index is -0.425. The average Bonchev–Trinajstić information content (AvgIpc) is 2.67. The molecule has 2 aromatic carbocycles. The highest BCUT2D eigenvalue weighted by molar-refractivity contribution is 5.94. The molecule has 0 fully saturated rings. The Kier molecular flexibility index (Phi) is 7.21. The molecule has 0 spiro atoms. The summed E-state index contributed by atoms with van der Waals surface area (Å²) in [5, 5.41) is 6.22. The molecule has 5 heteroatoms. The van der Waals surface area contributed by atoms with Crippen molar-refractivity contribution < 1.29 is 14.3 Å². The second-order valence-electron chi connectivity index (χ2n) is 5.96. The minimum absolute atomic E-state index is 0.105. The zero-order valence-electron chi connectivity index (χ0n) is 15.6. The van der Waals surface area contributed by atoms with Crippen molar-refractivity contribution in [2.75, 3.05) is 24.3 Å². The van der Waals surface area contributed by atoms with Gasteiger partial charge in [0.05, 0.1) is 12.7 Å². The van der Waals surface area contributed by atoms with Crippen molar-refractivity contribution in [3.63, 3.8) is 0 Å². The Balaban J connectivity index is 1.93. The molecule has 1 amide bonds. The summed E-state index contributed by atoms with van der Waals surface area (Å²) in [4.78, 5) is 23.8. The second-order valence-corrected chi connectivity index (χ2v) is 5.96. The maximum absolute atomic E-state index is 12.2. The molecule has 0 aliphatic heterocycles. The maximum Gasteiger partial charge on any atom is 0.337 e. The topological polar surface area (TPSA) is 67.4 Å². The van der Waals surface area contributed by atoms with E-state index in [9.17, 15) is 9.59 Å². The van der Waals surface area contributed by atoms with Gasteiger partial charge in [-0.3, -0.25) is 4.79 Å². The Hall–Kier alpha value is -2.82. The van der Waals surface area contributed by atoms with Crippen LogP contribution >= 0.6 is 0 Å². The van der Waals surface area contributed by atoms with Crippen LogP contribution in [0.25, 0.3) is 0 Å². The summed E-state index contributed by atoms with van der Waals surface area (Å²) in [5.41, 5.74) is 4.65. The summed E-state index contributed by atoms with van der Waals surface area (Å²) in [6.07, 6.45) is 2.23. The molecule has 0 heterocycles. The molecule has 0 atom stereocenters. The smallest absolute Gasteiger partial charge is 0.337 e. The zero-order chi connectivity index (χ0) is 18.9. The third-order valence-corrected chi connectivity index (χ3v) is 4.22. The van der Waals surface area contributed by atoms with Gasteiger partial charge in [0.15, 0.2) is 0 Å². The molecule has 0 saturated carbocycles. The monoisotopic (exact) mass is 354 g/mol. The molecule has 2 aromatic rings. The number of ether oxygens (including phenoxy) is 1. The zero-order valence-corrected chi connectivity index (χ0v) is 15.6. The fourth-order valence-corrected chi connectivity index (χ4v) is 2.84. The van der Waals surface area contributed by atoms with Gasteiger partial charge < -0.3 is 15.4 Å². The van der Waals surface area contributed by atoms with Crippen LogP contribution in [-0.2, 0) is 22.4 Å². The first-order valence-corrected chi connectivity index (χ1v) is 8.91. The molecule has 26 heavy (non-hydrogen) atoms. The van der Waals surface area contributed by atoms with Gasteiger partial charge in [-0.05, 0) is 42.2 Å². The number of anilines is 2. The Labute approximate surface area is 154 Å². The van der Waals surface area contributed by atoms with Gasteiger partial charge in [0.1, 0.15) is 0 Å². The highest BCUT2D eigenvalue weighted by atomic mass is 16.5. The van der Waals surface area contributed by atoms with E-state index < -0.39 is 5.97 Å². The lowest BCUT2D eigenvalue weighted by Gasteiger charge is -2.15. The minimum Gasteiger partial charge on any atom is -0.465 e. The van der Waals surface area contributed by atoms with E-state index in [1.54, 1.807) is 24.3 Å². The number of carbonyl (C=O) groups excluding carboxylic acids is 2. The SMILES string of the molecule is CCc1cccc(CC)c1NCCC(=O)Nc1cccc(C(=O)OC)c1. The van der Waals surface area contributed by atoms with Gasteiger partial charge in [0.2, 0.25) is 5.91 Å². The molecule has 0 aliphatic carbocycles. The molecular weight excluding hydrogens is 328 g/mol. The van der Waals surface area contributed by atoms with Crippen LogP contribution < -0.4 is 10.6 Å². The quantitative estimate of drug-likeness (QED) is 0.702. The maximum atomic E-state index is 12.2. The van der Waals surface area contributed by atoms with Gasteiger partial charge in [-0.1, -0.05) is 38.1 Å². The van der Waals surface area contributed by atoms with E-state index in [0.717, 1.165) is 18.5 Å². The number of para-hydroxylation sites is 1. The van der Waals surface area contributed by atoms with Gasteiger partial charge in [-0.15, -0.1) is 0 Å². The standard InChI is InChI=1S/C21H26N2O3/c1-4-15-8-6-9-16(5-2)20(15)22-13-12-19(24)23-18-11-7-10-17(14-18)21(25)26-3/h6-11,14,22H,4-5,12-13H2,1-3H3,(H,23,24). The summed E-state index contributed by atoms with van der Waals surface area (Å²) >= 11 is 0. The van der Waals surface area contributed by atoms with Gasteiger partial charge in [-0.2, -0.15) is 0 Å². The predicted octanol–water partition coefficient (Wildman–Crippen LogP) is 4.04. The van der Waals surface area contributed by atoms with Crippen molar-refractivity contribution in [2.24, 2.45) is 0 Å². The van der Waals surface area contributed by atoms with E-state index in [0.29, 0.717) is 24.2 Å². The van der Waals surface area contributed by atoms with E-state index in [-0.39, 0.29) is 5.91 Å². The largest absolute Gasteiger partial charge is 0.465 e. The Morgan fingerprint density at radius 2 is 1.65 bits per heavy atom. The molecular formula is C21H26N2O3. The summed E-state index contributed by atoms with van der Waals surface area (Å²) in [6.45, 7) is 4.80. The second kappa shape index (κ2) is 9.61. The fourth-order valence-electron chi connectivity index (χ4n) is 2.84. The number of hydrogen-bond acceptors (Lipinski definition) is 4. The van der Waals surface area contributed by atoms with Crippen LogP contribution in [0.4, 0.5) is 11.4 Å². The first-order valence-electron chi connectivity index (χ1n) is 8.91. The summed E-state index contributed by atoms with van der Waals surface area (Å²) < 4.78 is 4.69. The molecule has 138 valence electrons. The van der Waals surface area contributed by atoms with Crippen LogP contribution in [0.3, 0.4) is 0 Å². The van der Waals surface area contributed by atoms with Crippen molar-refractivity contribution >= 4 is 23.3 Å². The normalized spacial score (nSPS) is 10.3. The van der Waals surface area contributed by atoms with E-state index in [1.807, 2.05) is 0 Å². The lowest BCUT2D eigenvalue weighted by atomic mass is 10.0. The van der Waals surface area contributed by atoms with E-state index in [4.69, 9.17) is 4.74 Å². The highest BCUT2D eigenvalue weighted by Crippen LogP contribution is 2.22. The van der Waals surface area contributed by atoms with Crippen LogP contribution in [0, 0.1) is 0 Å². The molecule has 0 aromatic heterocycles. The summed E-state index contributed by atoms with van der Waals surface area (Å²) in [6, 6.07) is 13.0. The van der Waals surface area contributed by atoms with E-state index in [2.05, 4.69) is 42.7 Å². The molecule has 0 aliphatic rings. The number of benzene rings is 2. The molecule has 2 N–H and O–H groups in total. The van der Waals surface area contributed by atoms with Crippen LogP contribution in [0.5, 0.6) is 0 Å². The third kappa shape index (κ3) is 5.09. The predicted molar refractivity (Wildman–Crippen MR) is 105 cm³/mol. The first kappa shape index (κ1) is 19.5. The van der Waals surface area contributed by atoms with Gasteiger partial charge in [-0.25, -0.2) is 4.79 Å². The number of esters is 1. The highest BCUT2D eigenvalue weighted by Gasteiger charge is 2.09. The number of hydrogen-bond donors (Lipinski definition) is 2. The van der Waals surface area contributed by atoms with Crippen molar-refractivity contribution in [2.45, 2.75) is 33.1 Å². The first-order chi connectivity index (χ1) is 12.6. The number of methoxy groups -OCH3 is 1. The number of nitrogens with one attached hydrogen (secondary N) is 2. The van der Waals surface area contributed by atoms with E-state index >= 15 is 0 Å². The third-order valence-electron chi connectivity index (χ3n) is 4.22. The Bertz CT molecular complexity index is 749. The van der Waals surface area contributed by atoms with Crippen LogP contribution in [0.15, 0.2) is 42.5 Å². The number of aryl methyl sites for hydroxylation is 2.